The molecule has 0 spiro atoms. The zero-order chi connectivity index (χ0) is 11.0. The molecule has 3 rings (SSSR count). The lowest BCUT2D eigenvalue weighted by molar-refractivity contribution is -0.121. The summed E-state index contributed by atoms with van der Waals surface area (Å²) in [4.78, 5) is 17.7. The molecule has 1 saturated heterocycles. The van der Waals surface area contributed by atoms with Crippen LogP contribution < -0.4 is 0 Å². The standard InChI is InChI=1S/C11H15N3O2/c15-9-3-5-14(6-4-9)7-10-12-11(13-16-10)8-1-2-8/h8H,1-7H2. The first-order chi connectivity index (χ1) is 7.81. The zero-order valence-electron chi connectivity index (χ0n) is 9.19. The van der Waals surface area contributed by atoms with E-state index in [1.165, 1.54) is 12.8 Å². The van der Waals surface area contributed by atoms with E-state index >= 15 is 0 Å². The van der Waals surface area contributed by atoms with Crippen molar-refractivity contribution in [2.45, 2.75) is 38.1 Å². The van der Waals surface area contributed by atoms with Gasteiger partial charge in [-0.2, -0.15) is 4.98 Å². The van der Waals surface area contributed by atoms with Crippen molar-refractivity contribution in [3.8, 4) is 0 Å². The third-order valence-corrected chi connectivity index (χ3v) is 3.20. The first-order valence-corrected chi connectivity index (χ1v) is 5.88. The second-order valence-electron chi connectivity index (χ2n) is 4.64. The van der Waals surface area contributed by atoms with Gasteiger partial charge >= 0.3 is 0 Å². The van der Waals surface area contributed by atoms with Gasteiger partial charge in [0, 0.05) is 31.8 Å². The van der Waals surface area contributed by atoms with Crippen LogP contribution in [0.5, 0.6) is 0 Å². The van der Waals surface area contributed by atoms with Gasteiger partial charge in [0.2, 0.25) is 5.89 Å². The maximum Gasteiger partial charge on any atom is 0.240 e. The predicted molar refractivity (Wildman–Crippen MR) is 55.8 cm³/mol. The van der Waals surface area contributed by atoms with Crippen molar-refractivity contribution in [3.05, 3.63) is 11.7 Å². The predicted octanol–water partition coefficient (Wildman–Crippen LogP) is 1.11. The highest BCUT2D eigenvalue weighted by atomic mass is 16.5. The number of hydrogen-bond acceptors (Lipinski definition) is 5. The Hall–Kier alpha value is -1.23. The van der Waals surface area contributed by atoms with Crippen LogP contribution in [0, 0.1) is 0 Å². The van der Waals surface area contributed by atoms with Crippen LogP contribution in [0.1, 0.15) is 43.3 Å². The molecule has 0 atom stereocenters. The van der Waals surface area contributed by atoms with Gasteiger partial charge in [-0.1, -0.05) is 5.16 Å². The Kier molecular flexibility index (Phi) is 2.47. The summed E-state index contributed by atoms with van der Waals surface area (Å²) in [5, 5.41) is 3.98. The second-order valence-corrected chi connectivity index (χ2v) is 4.64. The lowest BCUT2D eigenvalue weighted by Crippen LogP contribution is -2.33. The molecule has 86 valence electrons. The third-order valence-electron chi connectivity index (χ3n) is 3.20. The fourth-order valence-corrected chi connectivity index (χ4v) is 1.99. The van der Waals surface area contributed by atoms with E-state index in [1.807, 2.05) is 0 Å². The van der Waals surface area contributed by atoms with Crippen molar-refractivity contribution in [2.75, 3.05) is 13.1 Å². The zero-order valence-corrected chi connectivity index (χ0v) is 9.19. The highest BCUT2D eigenvalue weighted by molar-refractivity contribution is 5.79. The molecule has 1 aliphatic carbocycles. The van der Waals surface area contributed by atoms with E-state index < -0.39 is 0 Å². The maximum absolute atomic E-state index is 11.1. The van der Waals surface area contributed by atoms with Gasteiger partial charge in [-0.3, -0.25) is 9.69 Å². The Morgan fingerprint density at radius 3 is 2.75 bits per heavy atom. The Balaban J connectivity index is 1.58. The van der Waals surface area contributed by atoms with Crippen LogP contribution in [0.25, 0.3) is 0 Å². The van der Waals surface area contributed by atoms with Gasteiger partial charge in [-0.25, -0.2) is 0 Å². The molecule has 0 aromatic carbocycles. The smallest absolute Gasteiger partial charge is 0.240 e. The van der Waals surface area contributed by atoms with Crippen LogP contribution in [0.4, 0.5) is 0 Å². The monoisotopic (exact) mass is 221 g/mol. The molecule has 1 aromatic rings. The highest BCUT2D eigenvalue weighted by Gasteiger charge is 2.29. The summed E-state index contributed by atoms with van der Waals surface area (Å²) in [5.74, 6) is 2.46. The van der Waals surface area contributed by atoms with E-state index in [0.717, 1.165) is 18.9 Å². The number of carbonyl (C=O) groups is 1. The van der Waals surface area contributed by atoms with Crippen LogP contribution in [0.3, 0.4) is 0 Å². The summed E-state index contributed by atoms with van der Waals surface area (Å²) in [5.41, 5.74) is 0. The number of nitrogens with zero attached hydrogens (tertiary/aromatic N) is 3. The van der Waals surface area contributed by atoms with Crippen LogP contribution in [-0.2, 0) is 11.3 Å². The van der Waals surface area contributed by atoms with Crippen LogP contribution in [0.15, 0.2) is 4.52 Å². The molecule has 1 aliphatic heterocycles. The van der Waals surface area contributed by atoms with E-state index in [4.69, 9.17) is 4.52 Å². The first-order valence-electron chi connectivity index (χ1n) is 5.88. The number of Topliss-reactive ketones (excluding diaryl/α,β-unsaturated/α-hetero) is 1. The third kappa shape index (κ3) is 2.14. The molecule has 1 aromatic heterocycles. The summed E-state index contributed by atoms with van der Waals surface area (Å²) >= 11 is 0. The molecule has 5 nitrogen and oxygen atoms in total. The highest BCUT2D eigenvalue weighted by Crippen LogP contribution is 2.38. The van der Waals surface area contributed by atoms with Crippen molar-refractivity contribution in [1.82, 2.24) is 15.0 Å². The van der Waals surface area contributed by atoms with Gasteiger partial charge in [-0.15, -0.1) is 0 Å². The molecule has 2 aliphatic rings. The minimum Gasteiger partial charge on any atom is -0.338 e. The molecule has 2 fully saturated rings. The van der Waals surface area contributed by atoms with Gasteiger partial charge in [0.05, 0.1) is 6.54 Å². The van der Waals surface area contributed by atoms with E-state index in [-0.39, 0.29) is 0 Å². The molecular formula is C11H15N3O2. The summed E-state index contributed by atoms with van der Waals surface area (Å²) in [6.45, 7) is 2.33. The minimum atomic E-state index is 0.362. The first kappa shape index (κ1) is 9.96. The number of ketones is 1. The number of aromatic nitrogens is 2. The number of hydrogen-bond donors (Lipinski definition) is 0. The van der Waals surface area contributed by atoms with Gasteiger partial charge in [0.15, 0.2) is 5.82 Å². The molecule has 0 radical (unpaired) electrons. The van der Waals surface area contributed by atoms with E-state index in [9.17, 15) is 4.79 Å². The minimum absolute atomic E-state index is 0.362. The van der Waals surface area contributed by atoms with E-state index in [0.29, 0.717) is 37.0 Å². The van der Waals surface area contributed by atoms with Gasteiger partial charge in [-0.05, 0) is 12.8 Å². The Morgan fingerprint density at radius 2 is 2.06 bits per heavy atom. The number of rotatable bonds is 3. The van der Waals surface area contributed by atoms with Crippen molar-refractivity contribution in [3.63, 3.8) is 0 Å². The lowest BCUT2D eigenvalue weighted by atomic mass is 10.1. The molecule has 0 bridgehead atoms. The van der Waals surface area contributed by atoms with E-state index in [2.05, 4.69) is 15.0 Å². The van der Waals surface area contributed by atoms with Crippen LogP contribution >= 0.6 is 0 Å². The quantitative estimate of drug-likeness (QED) is 0.765. The summed E-state index contributed by atoms with van der Waals surface area (Å²) in [7, 11) is 0. The Labute approximate surface area is 93.8 Å². The Morgan fingerprint density at radius 1 is 1.31 bits per heavy atom. The van der Waals surface area contributed by atoms with Gasteiger partial charge < -0.3 is 4.52 Å². The number of carbonyl (C=O) groups excluding carboxylic acids is 1. The van der Waals surface area contributed by atoms with E-state index in [1.54, 1.807) is 0 Å². The fourth-order valence-electron chi connectivity index (χ4n) is 1.99. The Bertz CT molecular complexity index is 388. The van der Waals surface area contributed by atoms with Crippen molar-refractivity contribution >= 4 is 5.78 Å². The normalized spacial score (nSPS) is 22.6. The molecule has 16 heavy (non-hydrogen) atoms. The molecule has 1 saturated carbocycles. The molecule has 0 unspecified atom stereocenters. The maximum atomic E-state index is 11.1. The molecule has 0 N–H and O–H groups in total. The fraction of sp³-hybridized carbons (Fsp3) is 0.727. The average molecular weight is 221 g/mol. The largest absolute Gasteiger partial charge is 0.338 e. The summed E-state index contributed by atoms with van der Waals surface area (Å²) in [6.07, 6.45) is 3.70. The SMILES string of the molecule is O=C1CCN(Cc2nc(C3CC3)no2)CC1. The summed E-state index contributed by atoms with van der Waals surface area (Å²) in [6, 6.07) is 0. The van der Waals surface area contributed by atoms with Gasteiger partial charge in [0.25, 0.3) is 0 Å². The molecular weight excluding hydrogens is 206 g/mol. The topological polar surface area (TPSA) is 59.2 Å². The van der Waals surface area contributed by atoms with Crippen molar-refractivity contribution < 1.29 is 9.32 Å². The molecule has 5 heteroatoms. The van der Waals surface area contributed by atoms with Crippen LogP contribution in [0.2, 0.25) is 0 Å². The lowest BCUT2D eigenvalue weighted by Gasteiger charge is -2.23. The average Bonchev–Trinajstić information content (AvgIpc) is 3.04. The molecule has 2 heterocycles. The molecule has 0 amide bonds. The number of likely N-dealkylation sites (tertiary alicyclic amines) is 1. The van der Waals surface area contributed by atoms with Gasteiger partial charge in [0.1, 0.15) is 5.78 Å². The van der Waals surface area contributed by atoms with Crippen LogP contribution in [-0.4, -0.2) is 33.9 Å². The second kappa shape index (κ2) is 3.97. The summed E-state index contributed by atoms with van der Waals surface area (Å²) < 4.78 is 5.21. The van der Waals surface area contributed by atoms with Crippen molar-refractivity contribution in [1.29, 1.82) is 0 Å². The van der Waals surface area contributed by atoms with Crippen molar-refractivity contribution in [2.24, 2.45) is 0 Å². The number of piperidine rings is 1.